The SMILES string of the molecule is CNCc1cnc(C2(OC)CCOCC2)[nH]1. The average Bonchev–Trinajstić information content (AvgIpc) is 2.80. The molecule has 0 spiro atoms. The van der Waals surface area contributed by atoms with E-state index in [0.717, 1.165) is 44.1 Å². The van der Waals surface area contributed by atoms with Gasteiger partial charge in [-0.15, -0.1) is 0 Å². The van der Waals surface area contributed by atoms with Gasteiger partial charge in [0, 0.05) is 51.6 Å². The first kappa shape index (κ1) is 11.6. The van der Waals surface area contributed by atoms with E-state index in [0.29, 0.717) is 0 Å². The molecule has 2 rings (SSSR count). The monoisotopic (exact) mass is 225 g/mol. The van der Waals surface area contributed by atoms with E-state index in [-0.39, 0.29) is 5.60 Å². The fraction of sp³-hybridized carbons (Fsp3) is 0.727. The van der Waals surface area contributed by atoms with Crippen LogP contribution in [0.25, 0.3) is 0 Å². The highest BCUT2D eigenvalue weighted by Crippen LogP contribution is 2.33. The van der Waals surface area contributed by atoms with Gasteiger partial charge in [0.25, 0.3) is 0 Å². The summed E-state index contributed by atoms with van der Waals surface area (Å²) >= 11 is 0. The van der Waals surface area contributed by atoms with E-state index in [1.807, 2.05) is 13.2 Å². The maximum Gasteiger partial charge on any atom is 0.138 e. The van der Waals surface area contributed by atoms with E-state index < -0.39 is 0 Å². The molecule has 1 saturated heterocycles. The molecule has 90 valence electrons. The molecule has 2 N–H and O–H groups in total. The van der Waals surface area contributed by atoms with Crippen molar-refractivity contribution in [3.63, 3.8) is 0 Å². The zero-order valence-corrected chi connectivity index (χ0v) is 9.88. The van der Waals surface area contributed by atoms with Crippen molar-refractivity contribution in [2.24, 2.45) is 0 Å². The van der Waals surface area contributed by atoms with Crippen molar-refractivity contribution in [2.75, 3.05) is 27.4 Å². The Bertz CT molecular complexity index is 332. The van der Waals surface area contributed by atoms with Gasteiger partial charge in [-0.05, 0) is 7.05 Å². The van der Waals surface area contributed by atoms with Crippen molar-refractivity contribution in [1.29, 1.82) is 0 Å². The van der Waals surface area contributed by atoms with Gasteiger partial charge >= 0.3 is 0 Å². The van der Waals surface area contributed by atoms with Gasteiger partial charge in [-0.2, -0.15) is 0 Å². The normalized spacial score (nSPS) is 19.9. The first-order valence-electron chi connectivity index (χ1n) is 5.62. The molecule has 1 aliphatic heterocycles. The number of H-pyrrole nitrogens is 1. The van der Waals surface area contributed by atoms with E-state index in [4.69, 9.17) is 9.47 Å². The summed E-state index contributed by atoms with van der Waals surface area (Å²) in [4.78, 5) is 7.75. The number of nitrogens with one attached hydrogen (secondary N) is 2. The van der Waals surface area contributed by atoms with Gasteiger partial charge in [0.05, 0.1) is 0 Å². The largest absolute Gasteiger partial charge is 0.381 e. The molecule has 0 bridgehead atoms. The number of aromatic amines is 1. The maximum atomic E-state index is 5.66. The maximum absolute atomic E-state index is 5.66. The summed E-state index contributed by atoms with van der Waals surface area (Å²) < 4.78 is 11.0. The van der Waals surface area contributed by atoms with Crippen molar-refractivity contribution in [3.8, 4) is 0 Å². The minimum Gasteiger partial charge on any atom is -0.381 e. The van der Waals surface area contributed by atoms with Crippen LogP contribution in [0.5, 0.6) is 0 Å². The summed E-state index contributed by atoms with van der Waals surface area (Å²) in [5, 5.41) is 3.09. The number of imidazole rings is 1. The minimum absolute atomic E-state index is 0.287. The van der Waals surface area contributed by atoms with E-state index in [1.165, 1.54) is 0 Å². The molecule has 1 aromatic heterocycles. The Morgan fingerprint density at radius 1 is 1.56 bits per heavy atom. The molecule has 1 aliphatic rings. The lowest BCUT2D eigenvalue weighted by atomic mass is 9.93. The highest BCUT2D eigenvalue weighted by molar-refractivity contribution is 5.10. The molecule has 0 saturated carbocycles. The third kappa shape index (κ3) is 2.11. The molecular formula is C11H19N3O2. The molecule has 0 atom stereocenters. The Balaban J connectivity index is 2.18. The molecule has 0 unspecified atom stereocenters. The number of aromatic nitrogens is 2. The summed E-state index contributed by atoms with van der Waals surface area (Å²) in [7, 11) is 3.66. The molecule has 1 aromatic rings. The third-order valence-corrected chi connectivity index (χ3v) is 3.12. The minimum atomic E-state index is -0.287. The fourth-order valence-electron chi connectivity index (χ4n) is 2.11. The number of methoxy groups -OCH3 is 1. The summed E-state index contributed by atoms with van der Waals surface area (Å²) in [5.74, 6) is 0.920. The predicted molar refractivity (Wildman–Crippen MR) is 60.1 cm³/mol. The second-order valence-corrected chi connectivity index (χ2v) is 4.10. The van der Waals surface area contributed by atoms with Crippen LogP contribution in [-0.4, -0.2) is 37.3 Å². The highest BCUT2D eigenvalue weighted by Gasteiger charge is 2.37. The first-order chi connectivity index (χ1) is 7.80. The van der Waals surface area contributed by atoms with Gasteiger partial charge in [-0.1, -0.05) is 0 Å². The van der Waals surface area contributed by atoms with Crippen molar-refractivity contribution >= 4 is 0 Å². The first-order valence-corrected chi connectivity index (χ1v) is 5.62. The van der Waals surface area contributed by atoms with Crippen molar-refractivity contribution < 1.29 is 9.47 Å². The lowest BCUT2D eigenvalue weighted by Gasteiger charge is -2.33. The van der Waals surface area contributed by atoms with Gasteiger partial charge in [-0.25, -0.2) is 4.98 Å². The smallest absolute Gasteiger partial charge is 0.138 e. The van der Waals surface area contributed by atoms with Crippen LogP contribution in [0, 0.1) is 0 Å². The molecule has 0 radical (unpaired) electrons. The lowest BCUT2D eigenvalue weighted by Crippen LogP contribution is -2.36. The lowest BCUT2D eigenvalue weighted by molar-refractivity contribution is -0.0996. The van der Waals surface area contributed by atoms with Gasteiger partial charge in [-0.3, -0.25) is 0 Å². The molecule has 0 aromatic carbocycles. The summed E-state index contributed by atoms with van der Waals surface area (Å²) in [6.45, 7) is 2.26. The van der Waals surface area contributed by atoms with Crippen molar-refractivity contribution in [3.05, 3.63) is 17.7 Å². The van der Waals surface area contributed by atoms with Crippen LogP contribution in [0.15, 0.2) is 6.20 Å². The van der Waals surface area contributed by atoms with Crippen LogP contribution in [0.2, 0.25) is 0 Å². The zero-order chi connectivity index (χ0) is 11.4. The standard InChI is InChI=1S/C11H19N3O2/c1-12-7-9-8-13-10(14-9)11(15-2)3-5-16-6-4-11/h8,12H,3-7H2,1-2H3,(H,13,14). The number of hydrogen-bond donors (Lipinski definition) is 2. The van der Waals surface area contributed by atoms with Gasteiger partial charge in [0.1, 0.15) is 11.4 Å². The van der Waals surface area contributed by atoms with E-state index >= 15 is 0 Å². The highest BCUT2D eigenvalue weighted by atomic mass is 16.5. The van der Waals surface area contributed by atoms with Crippen LogP contribution < -0.4 is 5.32 Å². The molecule has 16 heavy (non-hydrogen) atoms. The number of nitrogens with zero attached hydrogens (tertiary/aromatic N) is 1. The average molecular weight is 225 g/mol. The van der Waals surface area contributed by atoms with Gasteiger partial charge < -0.3 is 19.8 Å². The van der Waals surface area contributed by atoms with E-state index in [2.05, 4.69) is 15.3 Å². The quantitative estimate of drug-likeness (QED) is 0.795. The molecule has 0 aliphatic carbocycles. The second-order valence-electron chi connectivity index (χ2n) is 4.10. The molecule has 1 fully saturated rings. The van der Waals surface area contributed by atoms with Crippen LogP contribution in [0.4, 0.5) is 0 Å². The van der Waals surface area contributed by atoms with Crippen LogP contribution in [-0.2, 0) is 21.6 Å². The number of rotatable bonds is 4. The van der Waals surface area contributed by atoms with Crippen LogP contribution in [0.1, 0.15) is 24.4 Å². The fourth-order valence-corrected chi connectivity index (χ4v) is 2.11. The van der Waals surface area contributed by atoms with Gasteiger partial charge in [0.2, 0.25) is 0 Å². The number of hydrogen-bond acceptors (Lipinski definition) is 4. The molecule has 2 heterocycles. The molecule has 0 amide bonds. The third-order valence-electron chi connectivity index (χ3n) is 3.12. The summed E-state index contributed by atoms with van der Waals surface area (Å²) in [6.07, 6.45) is 3.58. The summed E-state index contributed by atoms with van der Waals surface area (Å²) in [5.41, 5.74) is 0.796. The van der Waals surface area contributed by atoms with E-state index in [9.17, 15) is 0 Å². The number of ether oxygens (including phenoxy) is 2. The Kier molecular flexibility index (Phi) is 3.58. The van der Waals surface area contributed by atoms with Crippen molar-refractivity contribution in [2.45, 2.75) is 25.0 Å². The van der Waals surface area contributed by atoms with Crippen LogP contribution in [0.3, 0.4) is 0 Å². The predicted octanol–water partition coefficient (Wildman–Crippen LogP) is 0.781. The topological polar surface area (TPSA) is 59.2 Å². The Hall–Kier alpha value is -0.910. The molecule has 5 nitrogen and oxygen atoms in total. The Morgan fingerprint density at radius 3 is 2.94 bits per heavy atom. The summed E-state index contributed by atoms with van der Waals surface area (Å²) in [6, 6.07) is 0. The second kappa shape index (κ2) is 4.95. The zero-order valence-electron chi connectivity index (χ0n) is 9.88. The van der Waals surface area contributed by atoms with Crippen LogP contribution >= 0.6 is 0 Å². The molecule has 5 heteroatoms. The van der Waals surface area contributed by atoms with Crippen molar-refractivity contribution in [1.82, 2.24) is 15.3 Å². The Morgan fingerprint density at radius 2 is 2.31 bits per heavy atom. The van der Waals surface area contributed by atoms with E-state index in [1.54, 1.807) is 7.11 Å². The Labute approximate surface area is 95.6 Å². The molecular weight excluding hydrogens is 206 g/mol. The van der Waals surface area contributed by atoms with Gasteiger partial charge in [0.15, 0.2) is 0 Å².